The summed E-state index contributed by atoms with van der Waals surface area (Å²) in [7, 11) is 0. The zero-order valence-electron chi connectivity index (χ0n) is 28.4. The number of unbranched alkanes of at least 4 members (excludes halogenated alkanes) is 17. The van der Waals surface area contributed by atoms with E-state index < -0.39 is 0 Å². The topological polar surface area (TPSA) is 40.5 Å². The molecule has 0 rings (SSSR count). The first-order chi connectivity index (χ1) is 19.6. The fraction of sp³-hybridized carbons (Fsp3) is 1.00. The maximum atomic E-state index is 9.55. The van der Waals surface area contributed by atoms with E-state index in [2.05, 4.69) is 27.7 Å². The van der Waals surface area contributed by atoms with E-state index in [0.717, 1.165) is 22.1 Å². The van der Waals surface area contributed by atoms with Crippen LogP contribution >= 0.6 is 0 Å². The summed E-state index contributed by atoms with van der Waals surface area (Å²) in [6.45, 7) is 19.2. The largest absolute Gasteiger partial charge is 0.391 e. The molecule has 0 aliphatic heterocycles. The molecule has 0 aliphatic carbocycles. The minimum absolute atomic E-state index is 0.340. The van der Waals surface area contributed by atoms with Gasteiger partial charge in [-0.05, 0) is 51.4 Å². The molecule has 4 heteroatoms. The monoisotopic (exact) mass is 571 g/mol. The van der Waals surface area contributed by atoms with Crippen molar-refractivity contribution in [2.24, 2.45) is 0 Å². The molecule has 0 spiro atoms. The molecular formula is C36H78N2O2+2. The first kappa shape index (κ1) is 39.8. The van der Waals surface area contributed by atoms with Crippen molar-refractivity contribution in [2.45, 2.75) is 169 Å². The Morgan fingerprint density at radius 2 is 0.475 bits per heavy atom. The smallest absolute Gasteiger partial charge is 0.102 e. The lowest BCUT2D eigenvalue weighted by atomic mass is 10.0. The van der Waals surface area contributed by atoms with Crippen LogP contribution in [-0.4, -0.2) is 84.8 Å². The molecule has 4 nitrogen and oxygen atoms in total. The molecule has 0 amide bonds. The SMILES string of the molecule is CCC[N+](CCC)(CCO)CCCCCCCCCCCCCCCCCCCC[N+](CCC)(CCC)CCO. The Morgan fingerprint density at radius 3 is 0.650 bits per heavy atom. The van der Waals surface area contributed by atoms with E-state index in [1.807, 2.05) is 0 Å². The summed E-state index contributed by atoms with van der Waals surface area (Å²) in [5.74, 6) is 0. The quantitative estimate of drug-likeness (QED) is 0.0610. The molecule has 0 radical (unpaired) electrons. The highest BCUT2D eigenvalue weighted by Crippen LogP contribution is 2.17. The molecule has 0 fully saturated rings. The van der Waals surface area contributed by atoms with Gasteiger partial charge in [-0.1, -0.05) is 118 Å². The van der Waals surface area contributed by atoms with Crippen molar-refractivity contribution in [1.29, 1.82) is 0 Å². The summed E-state index contributed by atoms with van der Waals surface area (Å²) in [5.41, 5.74) is 0. The summed E-state index contributed by atoms with van der Waals surface area (Å²) < 4.78 is 2.29. The Bertz CT molecular complexity index is 421. The summed E-state index contributed by atoms with van der Waals surface area (Å²) in [4.78, 5) is 0. The lowest BCUT2D eigenvalue weighted by molar-refractivity contribution is -0.928. The standard InChI is InChI=1S/C36H78N2O2/c1-5-27-37(28-6-2,33-35-39)31-25-23-21-19-17-15-13-11-9-10-12-14-16-18-20-22-24-26-32-38(29-7-3,30-8-4)34-36-40/h39-40H,5-36H2,1-4H3/q+2. The number of rotatable bonds is 33. The first-order valence-electron chi connectivity index (χ1n) is 18.5. The number of hydrogen-bond acceptors (Lipinski definition) is 2. The zero-order valence-corrected chi connectivity index (χ0v) is 28.4. The average Bonchev–Trinajstić information content (AvgIpc) is 2.93. The van der Waals surface area contributed by atoms with Gasteiger partial charge in [-0.2, -0.15) is 0 Å². The van der Waals surface area contributed by atoms with Gasteiger partial charge in [-0.3, -0.25) is 0 Å². The van der Waals surface area contributed by atoms with E-state index in [1.165, 1.54) is 181 Å². The molecular weight excluding hydrogens is 492 g/mol. The van der Waals surface area contributed by atoms with Crippen molar-refractivity contribution in [3.8, 4) is 0 Å². The third-order valence-electron chi connectivity index (χ3n) is 9.46. The van der Waals surface area contributed by atoms with Gasteiger partial charge in [-0.15, -0.1) is 0 Å². The minimum atomic E-state index is 0.340. The van der Waals surface area contributed by atoms with Crippen LogP contribution in [0.25, 0.3) is 0 Å². The van der Waals surface area contributed by atoms with Crippen molar-refractivity contribution in [3.63, 3.8) is 0 Å². The fourth-order valence-electron chi connectivity index (χ4n) is 7.39. The van der Waals surface area contributed by atoms with Gasteiger partial charge in [0.25, 0.3) is 0 Å². The molecule has 0 atom stereocenters. The van der Waals surface area contributed by atoms with Crippen molar-refractivity contribution in [2.75, 3.05) is 65.6 Å². The van der Waals surface area contributed by atoms with Crippen LogP contribution in [0.4, 0.5) is 0 Å². The minimum Gasteiger partial charge on any atom is -0.391 e. The average molecular weight is 571 g/mol. The maximum absolute atomic E-state index is 9.55. The Hall–Kier alpha value is -0.160. The van der Waals surface area contributed by atoms with Crippen LogP contribution in [0.2, 0.25) is 0 Å². The van der Waals surface area contributed by atoms with Crippen LogP contribution < -0.4 is 0 Å². The normalized spacial score (nSPS) is 12.4. The van der Waals surface area contributed by atoms with E-state index in [1.54, 1.807) is 0 Å². The Balaban J connectivity index is 3.54. The highest BCUT2D eigenvalue weighted by molar-refractivity contribution is 4.53. The summed E-state index contributed by atoms with van der Waals surface area (Å²) in [6.07, 6.45) is 30.4. The predicted octanol–water partition coefficient (Wildman–Crippen LogP) is 9.27. The number of aliphatic hydroxyl groups excluding tert-OH is 2. The Labute approximate surface area is 253 Å². The first-order valence-corrected chi connectivity index (χ1v) is 18.5. The molecule has 0 aromatic carbocycles. The van der Waals surface area contributed by atoms with Crippen LogP contribution in [0.1, 0.15) is 169 Å². The Kier molecular flexibility index (Phi) is 28.8. The molecule has 0 bridgehead atoms. The van der Waals surface area contributed by atoms with Crippen molar-refractivity contribution >= 4 is 0 Å². The van der Waals surface area contributed by atoms with Gasteiger partial charge in [0.15, 0.2) is 0 Å². The third-order valence-corrected chi connectivity index (χ3v) is 9.46. The molecule has 0 saturated carbocycles. The van der Waals surface area contributed by atoms with E-state index >= 15 is 0 Å². The second kappa shape index (κ2) is 28.9. The molecule has 2 N–H and O–H groups in total. The number of hydrogen-bond donors (Lipinski definition) is 2. The molecule has 0 aromatic heterocycles. The van der Waals surface area contributed by atoms with Gasteiger partial charge in [0.1, 0.15) is 13.1 Å². The summed E-state index contributed by atoms with van der Waals surface area (Å²) in [6, 6.07) is 0. The van der Waals surface area contributed by atoms with Crippen LogP contribution in [0.5, 0.6) is 0 Å². The number of aliphatic hydroxyl groups is 2. The molecule has 0 saturated heterocycles. The zero-order chi connectivity index (χ0) is 29.6. The second-order valence-electron chi connectivity index (χ2n) is 13.3. The van der Waals surface area contributed by atoms with Gasteiger partial charge in [-0.25, -0.2) is 0 Å². The predicted molar refractivity (Wildman–Crippen MR) is 178 cm³/mol. The van der Waals surface area contributed by atoms with Crippen LogP contribution in [0, 0.1) is 0 Å². The third kappa shape index (κ3) is 21.5. The van der Waals surface area contributed by atoms with Gasteiger partial charge in [0.05, 0.1) is 52.5 Å². The molecule has 0 aliphatic rings. The molecule has 0 aromatic rings. The highest BCUT2D eigenvalue weighted by Gasteiger charge is 2.25. The van der Waals surface area contributed by atoms with Crippen molar-refractivity contribution in [3.05, 3.63) is 0 Å². The molecule has 0 heterocycles. The lowest BCUT2D eigenvalue weighted by Crippen LogP contribution is -2.51. The van der Waals surface area contributed by atoms with Crippen molar-refractivity contribution in [1.82, 2.24) is 0 Å². The molecule has 242 valence electrons. The van der Waals surface area contributed by atoms with Gasteiger partial charge in [0.2, 0.25) is 0 Å². The summed E-state index contributed by atoms with van der Waals surface area (Å²) in [5, 5.41) is 19.1. The van der Waals surface area contributed by atoms with E-state index in [-0.39, 0.29) is 0 Å². The van der Waals surface area contributed by atoms with E-state index in [0.29, 0.717) is 13.2 Å². The fourth-order valence-corrected chi connectivity index (χ4v) is 7.39. The van der Waals surface area contributed by atoms with Crippen LogP contribution in [0.15, 0.2) is 0 Å². The number of nitrogens with zero attached hydrogens (tertiary/aromatic N) is 2. The summed E-state index contributed by atoms with van der Waals surface area (Å²) >= 11 is 0. The Morgan fingerprint density at radius 1 is 0.275 bits per heavy atom. The lowest BCUT2D eigenvalue weighted by Gasteiger charge is -2.38. The second-order valence-corrected chi connectivity index (χ2v) is 13.3. The van der Waals surface area contributed by atoms with Crippen molar-refractivity contribution < 1.29 is 19.2 Å². The maximum Gasteiger partial charge on any atom is 0.102 e. The van der Waals surface area contributed by atoms with Gasteiger partial charge in [0, 0.05) is 0 Å². The van der Waals surface area contributed by atoms with E-state index in [4.69, 9.17) is 0 Å². The van der Waals surface area contributed by atoms with E-state index in [9.17, 15) is 10.2 Å². The van der Waals surface area contributed by atoms with Gasteiger partial charge >= 0.3 is 0 Å². The van der Waals surface area contributed by atoms with Crippen LogP contribution in [-0.2, 0) is 0 Å². The number of quaternary nitrogens is 2. The molecule has 40 heavy (non-hydrogen) atoms. The van der Waals surface area contributed by atoms with Crippen LogP contribution in [0.3, 0.4) is 0 Å². The van der Waals surface area contributed by atoms with Gasteiger partial charge < -0.3 is 19.2 Å². The highest BCUT2D eigenvalue weighted by atomic mass is 16.3. The molecule has 0 unspecified atom stereocenters.